The SMILES string of the molecule is COc1ccc(CNc2cc(Cl)nnc2SC(C)(C)CO)c(OC)c1. The van der Waals surface area contributed by atoms with E-state index in [1.54, 1.807) is 20.3 Å². The van der Waals surface area contributed by atoms with Gasteiger partial charge >= 0.3 is 0 Å². The summed E-state index contributed by atoms with van der Waals surface area (Å²) in [5.41, 5.74) is 1.72. The maximum absolute atomic E-state index is 9.48. The van der Waals surface area contributed by atoms with Crippen LogP contribution in [0.1, 0.15) is 19.4 Å². The summed E-state index contributed by atoms with van der Waals surface area (Å²) in [6.07, 6.45) is 0. The van der Waals surface area contributed by atoms with Crippen molar-refractivity contribution in [3.05, 3.63) is 35.0 Å². The Balaban J connectivity index is 2.21. The molecule has 0 spiro atoms. The van der Waals surface area contributed by atoms with Crippen molar-refractivity contribution >= 4 is 29.1 Å². The molecule has 0 aliphatic rings. The Bertz CT molecular complexity index is 728. The van der Waals surface area contributed by atoms with Crippen molar-refractivity contribution in [2.24, 2.45) is 0 Å². The Morgan fingerprint density at radius 1 is 1.20 bits per heavy atom. The van der Waals surface area contributed by atoms with Gasteiger partial charge in [-0.2, -0.15) is 0 Å². The highest BCUT2D eigenvalue weighted by Gasteiger charge is 2.22. The summed E-state index contributed by atoms with van der Waals surface area (Å²) in [4.78, 5) is 0. The Morgan fingerprint density at radius 3 is 2.60 bits per heavy atom. The highest BCUT2D eigenvalue weighted by atomic mass is 35.5. The fraction of sp³-hybridized carbons (Fsp3) is 0.412. The maximum Gasteiger partial charge on any atom is 0.153 e. The van der Waals surface area contributed by atoms with Gasteiger partial charge in [0.2, 0.25) is 0 Å². The van der Waals surface area contributed by atoms with E-state index in [1.807, 2.05) is 32.0 Å². The second-order valence-electron chi connectivity index (χ2n) is 5.94. The molecule has 0 amide bonds. The van der Waals surface area contributed by atoms with Gasteiger partial charge in [0.05, 0.1) is 26.5 Å². The lowest BCUT2D eigenvalue weighted by atomic mass is 10.2. The van der Waals surface area contributed by atoms with E-state index >= 15 is 0 Å². The van der Waals surface area contributed by atoms with Gasteiger partial charge in [0.25, 0.3) is 0 Å². The summed E-state index contributed by atoms with van der Waals surface area (Å²) in [7, 11) is 3.23. The first kappa shape index (κ1) is 19.6. The van der Waals surface area contributed by atoms with Crippen LogP contribution in [0, 0.1) is 0 Å². The van der Waals surface area contributed by atoms with Gasteiger partial charge in [-0.05, 0) is 26.0 Å². The van der Waals surface area contributed by atoms with Gasteiger partial charge in [0.15, 0.2) is 5.15 Å². The van der Waals surface area contributed by atoms with Crippen LogP contribution in [-0.2, 0) is 6.54 Å². The highest BCUT2D eigenvalue weighted by molar-refractivity contribution is 8.00. The van der Waals surface area contributed by atoms with Crippen molar-refractivity contribution in [1.82, 2.24) is 10.2 Å². The summed E-state index contributed by atoms with van der Waals surface area (Å²) < 4.78 is 10.3. The number of thioether (sulfide) groups is 1. The number of aliphatic hydroxyl groups excluding tert-OH is 1. The number of aromatic nitrogens is 2. The largest absolute Gasteiger partial charge is 0.497 e. The summed E-state index contributed by atoms with van der Waals surface area (Å²) in [6.45, 7) is 4.41. The average molecular weight is 384 g/mol. The van der Waals surface area contributed by atoms with E-state index < -0.39 is 0 Å². The Labute approximate surface area is 156 Å². The highest BCUT2D eigenvalue weighted by Crippen LogP contribution is 2.36. The number of methoxy groups -OCH3 is 2. The third kappa shape index (κ3) is 5.39. The molecule has 2 aromatic rings. The van der Waals surface area contributed by atoms with E-state index in [9.17, 15) is 5.11 Å². The van der Waals surface area contributed by atoms with Crippen LogP contribution in [-0.4, -0.2) is 40.9 Å². The predicted molar refractivity (Wildman–Crippen MR) is 101 cm³/mol. The molecule has 0 atom stereocenters. The van der Waals surface area contributed by atoms with Crippen LogP contribution in [0.2, 0.25) is 5.15 Å². The van der Waals surface area contributed by atoms with Crippen LogP contribution in [0.3, 0.4) is 0 Å². The first-order valence-corrected chi connectivity index (χ1v) is 8.86. The number of anilines is 1. The molecule has 6 nitrogen and oxygen atoms in total. The van der Waals surface area contributed by atoms with Crippen LogP contribution in [0.4, 0.5) is 5.69 Å². The van der Waals surface area contributed by atoms with Gasteiger partial charge in [-0.25, -0.2) is 0 Å². The molecule has 1 aromatic carbocycles. The molecular weight excluding hydrogens is 362 g/mol. The molecule has 0 unspecified atom stereocenters. The minimum absolute atomic E-state index is 0.0215. The average Bonchev–Trinajstić information content (AvgIpc) is 2.61. The predicted octanol–water partition coefficient (Wildman–Crippen LogP) is 3.62. The standard InChI is InChI=1S/C17H22ClN3O3S/c1-17(2,10-22)25-16-13(8-15(18)20-21-16)19-9-11-5-6-12(23-3)7-14(11)24-4/h5-8,22H,9-10H2,1-4H3,(H,19,20). The number of benzene rings is 1. The normalized spacial score (nSPS) is 11.3. The second-order valence-corrected chi connectivity index (χ2v) is 8.02. The van der Waals surface area contributed by atoms with E-state index in [0.29, 0.717) is 16.7 Å². The second kappa shape index (κ2) is 8.60. The molecule has 0 saturated heterocycles. The van der Waals surface area contributed by atoms with Crippen LogP contribution < -0.4 is 14.8 Å². The van der Waals surface area contributed by atoms with Crippen LogP contribution >= 0.6 is 23.4 Å². The summed E-state index contributed by atoms with van der Waals surface area (Å²) >= 11 is 7.42. The molecule has 8 heteroatoms. The number of nitrogens with zero attached hydrogens (tertiary/aromatic N) is 2. The van der Waals surface area contributed by atoms with Crippen LogP contribution in [0.5, 0.6) is 11.5 Å². The minimum Gasteiger partial charge on any atom is -0.497 e. The number of nitrogens with one attached hydrogen (secondary N) is 1. The van der Waals surface area contributed by atoms with E-state index in [1.165, 1.54) is 11.8 Å². The van der Waals surface area contributed by atoms with E-state index in [4.69, 9.17) is 21.1 Å². The number of hydrogen-bond donors (Lipinski definition) is 2. The van der Waals surface area contributed by atoms with Gasteiger partial charge in [0.1, 0.15) is 16.5 Å². The fourth-order valence-corrected chi connectivity index (χ4v) is 3.10. The van der Waals surface area contributed by atoms with E-state index in [0.717, 1.165) is 22.7 Å². The van der Waals surface area contributed by atoms with Gasteiger partial charge in [0, 0.05) is 29.0 Å². The molecule has 1 aromatic heterocycles. The molecule has 0 radical (unpaired) electrons. The van der Waals surface area contributed by atoms with Crippen molar-refractivity contribution in [3.63, 3.8) is 0 Å². The Hall–Kier alpha value is -1.70. The minimum atomic E-state index is -0.378. The van der Waals surface area contributed by atoms with Crippen LogP contribution in [0.15, 0.2) is 29.3 Å². The van der Waals surface area contributed by atoms with Gasteiger partial charge < -0.3 is 19.9 Å². The number of hydrogen-bond acceptors (Lipinski definition) is 7. The number of rotatable bonds is 8. The lowest BCUT2D eigenvalue weighted by Gasteiger charge is -2.21. The van der Waals surface area contributed by atoms with E-state index in [2.05, 4.69) is 15.5 Å². The summed E-state index contributed by atoms with van der Waals surface area (Å²) in [5, 5.41) is 21.8. The van der Waals surface area contributed by atoms with Crippen molar-refractivity contribution in [2.45, 2.75) is 30.2 Å². The van der Waals surface area contributed by atoms with Crippen molar-refractivity contribution in [2.75, 3.05) is 26.1 Å². The van der Waals surface area contributed by atoms with Crippen molar-refractivity contribution in [3.8, 4) is 11.5 Å². The van der Waals surface area contributed by atoms with Gasteiger partial charge in [-0.15, -0.1) is 10.2 Å². The Morgan fingerprint density at radius 2 is 1.96 bits per heavy atom. The molecule has 0 aliphatic heterocycles. The lowest BCUT2D eigenvalue weighted by molar-refractivity contribution is 0.265. The molecule has 1 heterocycles. The molecule has 25 heavy (non-hydrogen) atoms. The molecule has 0 saturated carbocycles. The zero-order valence-electron chi connectivity index (χ0n) is 14.7. The first-order chi connectivity index (χ1) is 11.9. The number of aliphatic hydroxyl groups is 1. The zero-order valence-corrected chi connectivity index (χ0v) is 16.2. The molecule has 0 aliphatic carbocycles. The Kier molecular flexibility index (Phi) is 6.75. The smallest absolute Gasteiger partial charge is 0.153 e. The van der Waals surface area contributed by atoms with E-state index in [-0.39, 0.29) is 11.4 Å². The molecule has 0 bridgehead atoms. The lowest BCUT2D eigenvalue weighted by Crippen LogP contribution is -2.20. The van der Waals surface area contributed by atoms with Gasteiger partial charge in [-0.3, -0.25) is 0 Å². The number of halogens is 1. The third-order valence-electron chi connectivity index (χ3n) is 3.45. The molecular formula is C17H22ClN3O3S. The summed E-state index contributed by atoms with van der Waals surface area (Å²) in [5.74, 6) is 1.46. The van der Waals surface area contributed by atoms with Gasteiger partial charge in [-0.1, -0.05) is 23.4 Å². The molecule has 136 valence electrons. The van der Waals surface area contributed by atoms with Crippen molar-refractivity contribution in [1.29, 1.82) is 0 Å². The third-order valence-corrected chi connectivity index (χ3v) is 4.81. The topological polar surface area (TPSA) is 76.5 Å². The molecule has 2 N–H and O–H groups in total. The zero-order chi connectivity index (χ0) is 18.4. The number of ether oxygens (including phenoxy) is 2. The monoisotopic (exact) mass is 383 g/mol. The fourth-order valence-electron chi connectivity index (χ4n) is 2.04. The first-order valence-electron chi connectivity index (χ1n) is 7.66. The maximum atomic E-state index is 9.48. The van der Waals surface area contributed by atoms with Crippen LogP contribution in [0.25, 0.3) is 0 Å². The quantitative estimate of drug-likeness (QED) is 0.674. The molecule has 2 rings (SSSR count). The summed E-state index contributed by atoms with van der Waals surface area (Å²) in [6, 6.07) is 7.37. The molecule has 0 fully saturated rings. The van der Waals surface area contributed by atoms with Crippen molar-refractivity contribution < 1.29 is 14.6 Å².